The first-order chi connectivity index (χ1) is 7.13. The van der Waals surface area contributed by atoms with Gasteiger partial charge in [-0.1, -0.05) is 0 Å². The van der Waals surface area contributed by atoms with E-state index in [9.17, 15) is 4.79 Å². The van der Waals surface area contributed by atoms with E-state index in [1.54, 1.807) is 23.3 Å². The number of hydrogen-bond donors (Lipinski definition) is 1. The highest BCUT2D eigenvalue weighted by Crippen LogP contribution is 2.23. The highest BCUT2D eigenvalue weighted by molar-refractivity contribution is 9.11. The summed E-state index contributed by atoms with van der Waals surface area (Å²) in [5, 5.41) is 8.62. The van der Waals surface area contributed by atoms with Gasteiger partial charge in [0.15, 0.2) is 0 Å². The topological polar surface area (TPSA) is 40.5 Å². The molecule has 0 unspecified atom stereocenters. The van der Waals surface area contributed by atoms with Gasteiger partial charge in [0.05, 0.1) is 10.3 Å². The van der Waals surface area contributed by atoms with E-state index in [-0.39, 0.29) is 12.5 Å². The average molecular weight is 292 g/mol. The summed E-state index contributed by atoms with van der Waals surface area (Å²) in [5.74, 6) is 0.0774. The zero-order chi connectivity index (χ0) is 11.3. The van der Waals surface area contributed by atoms with E-state index in [0.29, 0.717) is 19.4 Å². The molecule has 1 amide bonds. The summed E-state index contributed by atoms with van der Waals surface area (Å²) in [6, 6.07) is 3.98. The fourth-order valence-electron chi connectivity index (χ4n) is 1.18. The van der Waals surface area contributed by atoms with Crippen LogP contribution in [-0.4, -0.2) is 29.6 Å². The van der Waals surface area contributed by atoms with Crippen LogP contribution in [0.5, 0.6) is 0 Å². The number of hydrogen-bond acceptors (Lipinski definition) is 3. The predicted octanol–water partition coefficient (Wildman–Crippen LogP) is 2.24. The number of nitrogens with zero attached hydrogens (tertiary/aromatic N) is 1. The Labute approximate surface area is 102 Å². The number of thiophene rings is 1. The molecule has 1 rings (SSSR count). The Morgan fingerprint density at radius 3 is 2.87 bits per heavy atom. The van der Waals surface area contributed by atoms with Crippen molar-refractivity contribution in [2.24, 2.45) is 0 Å². The van der Waals surface area contributed by atoms with Crippen LogP contribution in [0, 0.1) is 0 Å². The third-order valence-corrected chi connectivity index (χ3v) is 3.60. The van der Waals surface area contributed by atoms with Gasteiger partial charge in [0, 0.05) is 25.0 Å². The Bertz CT molecular complexity index is 327. The minimum absolute atomic E-state index is 0.0735. The first-order valence-electron chi connectivity index (χ1n) is 4.72. The van der Waals surface area contributed by atoms with Gasteiger partial charge in [-0.05, 0) is 34.5 Å². The van der Waals surface area contributed by atoms with E-state index in [0.717, 1.165) is 8.66 Å². The highest BCUT2D eigenvalue weighted by Gasteiger charge is 2.09. The quantitative estimate of drug-likeness (QED) is 0.904. The maximum absolute atomic E-state index is 11.5. The van der Waals surface area contributed by atoms with Crippen molar-refractivity contribution in [2.45, 2.75) is 19.4 Å². The molecule has 0 aliphatic rings. The Balaban J connectivity index is 2.41. The second-order valence-corrected chi connectivity index (χ2v) is 5.83. The molecule has 0 radical (unpaired) electrons. The minimum atomic E-state index is 0.0735. The van der Waals surface area contributed by atoms with Crippen LogP contribution in [0.3, 0.4) is 0 Å². The number of carbonyl (C=O) groups is 1. The lowest BCUT2D eigenvalue weighted by molar-refractivity contribution is -0.130. The van der Waals surface area contributed by atoms with Crippen molar-refractivity contribution in [1.29, 1.82) is 0 Å². The van der Waals surface area contributed by atoms with Crippen LogP contribution < -0.4 is 0 Å². The molecule has 3 nitrogen and oxygen atoms in total. The van der Waals surface area contributed by atoms with E-state index >= 15 is 0 Å². The summed E-state index contributed by atoms with van der Waals surface area (Å²) in [7, 11) is 1.79. The third kappa shape index (κ3) is 4.32. The highest BCUT2D eigenvalue weighted by atomic mass is 79.9. The van der Waals surface area contributed by atoms with Crippen LogP contribution in [0.1, 0.15) is 17.7 Å². The Hall–Kier alpha value is -0.390. The molecule has 1 N–H and O–H groups in total. The first-order valence-corrected chi connectivity index (χ1v) is 6.33. The minimum Gasteiger partial charge on any atom is -0.396 e. The summed E-state index contributed by atoms with van der Waals surface area (Å²) in [5.41, 5.74) is 0. The number of amides is 1. The number of carbonyl (C=O) groups excluding carboxylic acids is 1. The maximum atomic E-state index is 11.5. The van der Waals surface area contributed by atoms with Crippen LogP contribution in [0.15, 0.2) is 15.9 Å². The smallest absolute Gasteiger partial charge is 0.222 e. The molecular weight excluding hydrogens is 278 g/mol. The van der Waals surface area contributed by atoms with E-state index < -0.39 is 0 Å². The van der Waals surface area contributed by atoms with E-state index in [4.69, 9.17) is 5.11 Å². The number of halogens is 1. The zero-order valence-corrected chi connectivity index (χ0v) is 11.0. The molecule has 0 aliphatic heterocycles. The average Bonchev–Trinajstić information content (AvgIpc) is 2.60. The van der Waals surface area contributed by atoms with Crippen molar-refractivity contribution >= 4 is 33.2 Å². The van der Waals surface area contributed by atoms with Gasteiger partial charge in [0.1, 0.15) is 0 Å². The van der Waals surface area contributed by atoms with Crippen molar-refractivity contribution in [3.05, 3.63) is 20.8 Å². The van der Waals surface area contributed by atoms with Crippen LogP contribution in [0.25, 0.3) is 0 Å². The van der Waals surface area contributed by atoms with Gasteiger partial charge in [0.2, 0.25) is 5.91 Å². The molecule has 1 aromatic heterocycles. The second kappa shape index (κ2) is 6.25. The van der Waals surface area contributed by atoms with Crippen LogP contribution in [0.4, 0.5) is 0 Å². The van der Waals surface area contributed by atoms with Crippen molar-refractivity contribution < 1.29 is 9.90 Å². The van der Waals surface area contributed by atoms with Gasteiger partial charge in [0.25, 0.3) is 0 Å². The van der Waals surface area contributed by atoms with Gasteiger partial charge >= 0.3 is 0 Å². The second-order valence-electron chi connectivity index (χ2n) is 3.28. The van der Waals surface area contributed by atoms with Crippen molar-refractivity contribution in [2.75, 3.05) is 13.7 Å². The maximum Gasteiger partial charge on any atom is 0.222 e. The summed E-state index contributed by atoms with van der Waals surface area (Å²) >= 11 is 5.01. The van der Waals surface area contributed by atoms with Crippen molar-refractivity contribution in [1.82, 2.24) is 4.90 Å². The van der Waals surface area contributed by atoms with Crippen LogP contribution >= 0.6 is 27.3 Å². The molecule has 0 bridgehead atoms. The fraction of sp³-hybridized carbons (Fsp3) is 0.500. The molecule has 0 fully saturated rings. The fourth-order valence-corrected chi connectivity index (χ4v) is 2.72. The van der Waals surface area contributed by atoms with Crippen molar-refractivity contribution in [3.63, 3.8) is 0 Å². The summed E-state index contributed by atoms with van der Waals surface area (Å²) in [6.45, 7) is 0.713. The van der Waals surface area contributed by atoms with E-state index in [1.807, 2.05) is 12.1 Å². The predicted molar refractivity (Wildman–Crippen MR) is 64.8 cm³/mol. The molecular formula is C10H14BrNO2S. The molecule has 1 aromatic rings. The SMILES string of the molecule is CN(Cc1ccc(Br)s1)C(=O)CCCO. The molecule has 0 spiro atoms. The van der Waals surface area contributed by atoms with Gasteiger partial charge in [-0.2, -0.15) is 0 Å². The lowest BCUT2D eigenvalue weighted by Gasteiger charge is -2.15. The van der Waals surface area contributed by atoms with Crippen LogP contribution in [0.2, 0.25) is 0 Å². The molecule has 5 heteroatoms. The lowest BCUT2D eigenvalue weighted by atomic mass is 10.3. The normalized spacial score (nSPS) is 10.3. The molecule has 1 heterocycles. The Kier molecular flexibility index (Phi) is 5.28. The monoisotopic (exact) mass is 291 g/mol. The summed E-state index contributed by atoms with van der Waals surface area (Å²) in [4.78, 5) is 14.4. The molecule has 15 heavy (non-hydrogen) atoms. The lowest BCUT2D eigenvalue weighted by Crippen LogP contribution is -2.25. The van der Waals surface area contributed by atoms with Gasteiger partial charge < -0.3 is 10.0 Å². The molecule has 0 aliphatic carbocycles. The third-order valence-electron chi connectivity index (χ3n) is 2.00. The standard InChI is InChI=1S/C10H14BrNO2S/c1-12(10(14)3-2-6-13)7-8-4-5-9(11)15-8/h4-5,13H,2-3,6-7H2,1H3. The molecule has 0 saturated carbocycles. The molecule has 84 valence electrons. The number of aliphatic hydroxyl groups is 1. The first kappa shape index (κ1) is 12.7. The molecule has 0 aromatic carbocycles. The van der Waals surface area contributed by atoms with Crippen molar-refractivity contribution in [3.8, 4) is 0 Å². The van der Waals surface area contributed by atoms with E-state index in [2.05, 4.69) is 15.9 Å². The zero-order valence-electron chi connectivity index (χ0n) is 8.57. The van der Waals surface area contributed by atoms with Gasteiger partial charge in [-0.3, -0.25) is 4.79 Å². The largest absolute Gasteiger partial charge is 0.396 e. The van der Waals surface area contributed by atoms with Gasteiger partial charge in [-0.15, -0.1) is 11.3 Å². The summed E-state index contributed by atoms with van der Waals surface area (Å²) < 4.78 is 1.08. The Morgan fingerprint density at radius 1 is 1.60 bits per heavy atom. The number of aliphatic hydroxyl groups excluding tert-OH is 1. The van der Waals surface area contributed by atoms with Gasteiger partial charge in [-0.25, -0.2) is 0 Å². The molecule has 0 saturated heterocycles. The van der Waals surface area contributed by atoms with Crippen LogP contribution in [-0.2, 0) is 11.3 Å². The summed E-state index contributed by atoms with van der Waals surface area (Å²) in [6.07, 6.45) is 0.955. The van der Waals surface area contributed by atoms with E-state index in [1.165, 1.54) is 0 Å². The molecule has 0 atom stereocenters. The number of rotatable bonds is 5. The Morgan fingerprint density at radius 2 is 2.33 bits per heavy atom.